The van der Waals surface area contributed by atoms with Gasteiger partial charge in [0.05, 0.1) is 37.9 Å². The second-order valence-electron chi connectivity index (χ2n) is 11.7. The second-order valence-corrected chi connectivity index (χ2v) is 11.7. The van der Waals surface area contributed by atoms with E-state index in [2.05, 4.69) is 19.1 Å². The van der Waals surface area contributed by atoms with Gasteiger partial charge in [0.1, 0.15) is 18.3 Å². The zero-order valence-corrected chi connectivity index (χ0v) is 26.0. The number of hydrogen-bond donors (Lipinski definition) is 0. The maximum Gasteiger partial charge on any atom is 0.311 e. The largest absolute Gasteiger partial charge is 0.456 e. The molecule has 1 heterocycles. The normalized spacial score (nSPS) is 22.8. The van der Waals surface area contributed by atoms with Gasteiger partial charge in [0.15, 0.2) is 6.10 Å². The van der Waals surface area contributed by atoms with Gasteiger partial charge in [-0.2, -0.15) is 0 Å². The Bertz CT molecular complexity index is 1030. The molecule has 2 unspecified atom stereocenters. The molecular formula is C35H50O7. The first-order valence-electron chi connectivity index (χ1n) is 15.2. The monoisotopic (exact) mass is 582 g/mol. The fourth-order valence-corrected chi connectivity index (χ4v) is 4.75. The van der Waals surface area contributed by atoms with E-state index in [0.717, 1.165) is 37.0 Å². The van der Waals surface area contributed by atoms with Gasteiger partial charge in [-0.1, -0.05) is 79.7 Å². The van der Waals surface area contributed by atoms with E-state index in [9.17, 15) is 4.79 Å². The zero-order chi connectivity index (χ0) is 30.2. The molecule has 0 aromatic heterocycles. The summed E-state index contributed by atoms with van der Waals surface area (Å²) in [4.78, 5) is 13.2. The van der Waals surface area contributed by atoms with E-state index in [1.165, 1.54) is 0 Å². The van der Waals surface area contributed by atoms with Crippen LogP contribution in [0.4, 0.5) is 0 Å². The Morgan fingerprint density at radius 1 is 0.810 bits per heavy atom. The number of rotatable bonds is 17. The average Bonchev–Trinajstić information content (AvgIpc) is 2.99. The second kappa shape index (κ2) is 18.2. The van der Waals surface area contributed by atoms with Crippen LogP contribution in [0.1, 0.15) is 64.5 Å². The van der Waals surface area contributed by atoms with Crippen LogP contribution in [0.2, 0.25) is 0 Å². The van der Waals surface area contributed by atoms with Crippen LogP contribution in [0.25, 0.3) is 0 Å². The molecule has 7 heteroatoms. The Morgan fingerprint density at radius 3 is 1.98 bits per heavy atom. The van der Waals surface area contributed by atoms with Crippen LogP contribution in [-0.4, -0.2) is 63.4 Å². The van der Waals surface area contributed by atoms with Gasteiger partial charge in [0.25, 0.3) is 0 Å². The summed E-state index contributed by atoms with van der Waals surface area (Å²) in [5.41, 5.74) is 1.40. The number of carbonyl (C=O) groups excluding carboxylic acids is 1. The summed E-state index contributed by atoms with van der Waals surface area (Å²) < 4.78 is 37.1. The highest BCUT2D eigenvalue weighted by atomic mass is 16.6. The minimum absolute atomic E-state index is 0.256. The van der Waals surface area contributed by atoms with E-state index >= 15 is 0 Å². The summed E-state index contributed by atoms with van der Waals surface area (Å²) in [6, 6.07) is 20.0. The van der Waals surface area contributed by atoms with Crippen molar-refractivity contribution in [2.45, 2.75) is 97.1 Å². The third-order valence-corrected chi connectivity index (χ3v) is 7.16. The number of unbranched alkanes of at least 4 members (excludes halogenated alkanes) is 1. The predicted molar refractivity (Wildman–Crippen MR) is 164 cm³/mol. The van der Waals surface area contributed by atoms with Crippen LogP contribution >= 0.6 is 0 Å². The molecule has 0 spiro atoms. The number of ether oxygens (including phenoxy) is 6. The summed E-state index contributed by atoms with van der Waals surface area (Å²) in [5.74, 6) is -0.315. The predicted octanol–water partition coefficient (Wildman–Crippen LogP) is 6.68. The van der Waals surface area contributed by atoms with Gasteiger partial charge in [0, 0.05) is 13.7 Å². The van der Waals surface area contributed by atoms with Gasteiger partial charge in [-0.05, 0) is 57.6 Å². The maximum absolute atomic E-state index is 13.2. The van der Waals surface area contributed by atoms with Crippen LogP contribution < -0.4 is 0 Å². The lowest BCUT2D eigenvalue weighted by Crippen LogP contribution is -2.61. The first-order chi connectivity index (χ1) is 20.3. The number of benzene rings is 2. The molecule has 2 aromatic carbocycles. The molecule has 5 atom stereocenters. The van der Waals surface area contributed by atoms with Crippen LogP contribution in [0.3, 0.4) is 0 Å². The molecule has 1 fully saturated rings. The van der Waals surface area contributed by atoms with Crippen molar-refractivity contribution in [3.8, 4) is 0 Å². The molecule has 0 amide bonds. The van der Waals surface area contributed by atoms with Crippen LogP contribution in [0.15, 0.2) is 72.8 Å². The highest BCUT2D eigenvalue weighted by molar-refractivity contribution is 5.75. The van der Waals surface area contributed by atoms with Gasteiger partial charge in [0.2, 0.25) is 0 Å². The van der Waals surface area contributed by atoms with E-state index in [-0.39, 0.29) is 18.7 Å². The molecular weight excluding hydrogens is 532 g/mol. The van der Waals surface area contributed by atoms with Crippen molar-refractivity contribution in [1.29, 1.82) is 0 Å². The Balaban J connectivity index is 1.79. The third kappa shape index (κ3) is 11.3. The van der Waals surface area contributed by atoms with Gasteiger partial charge in [-0.15, -0.1) is 0 Å². The molecule has 0 N–H and O–H groups in total. The first kappa shape index (κ1) is 33.9. The lowest BCUT2D eigenvalue weighted by atomic mass is 9.92. The van der Waals surface area contributed by atoms with E-state index in [1.54, 1.807) is 7.11 Å². The number of allylic oxidation sites excluding steroid dienone is 1. The summed E-state index contributed by atoms with van der Waals surface area (Å²) >= 11 is 0. The van der Waals surface area contributed by atoms with Crippen LogP contribution in [0, 0.1) is 5.41 Å². The molecule has 2 aromatic rings. The summed E-state index contributed by atoms with van der Waals surface area (Å²) in [7, 11) is 1.72. The van der Waals surface area contributed by atoms with Crippen molar-refractivity contribution < 1.29 is 33.2 Å². The highest BCUT2D eigenvalue weighted by Crippen LogP contribution is 2.33. The van der Waals surface area contributed by atoms with Gasteiger partial charge in [-0.3, -0.25) is 4.79 Å². The zero-order valence-electron chi connectivity index (χ0n) is 26.0. The molecule has 0 saturated carbocycles. The standard InChI is InChI=1S/C35H50O7/c1-6-29-31(39-24-27-18-12-10-13-19-27)33(40-25-28-20-14-11-15-21-28)32(42-34(36)35(2,3)4)30(41-29)26-38-23-17-9-7-8-16-22-37-5/h7,9-15,18-21,29-33H,6,8,16-17,22-26H2,1-5H3/b9-7-/t29?,30-,31-,32?,33+/m0/s1. The Hall–Kier alpha value is -2.55. The summed E-state index contributed by atoms with van der Waals surface area (Å²) in [6.07, 6.45) is 5.33. The van der Waals surface area contributed by atoms with E-state index in [1.807, 2.05) is 81.4 Å². The topological polar surface area (TPSA) is 72.5 Å². The number of esters is 1. The number of hydrogen-bond acceptors (Lipinski definition) is 7. The molecule has 1 aliphatic heterocycles. The molecule has 3 rings (SSSR count). The molecule has 42 heavy (non-hydrogen) atoms. The SMILES string of the molecule is CCC1O[C@@H](COCC/C=C\CCCOC)C(OC(=O)C(C)(C)C)[C@H](OCc2ccccc2)[C@H]1OCc1ccccc1. The first-order valence-corrected chi connectivity index (χ1v) is 15.2. The van der Waals surface area contributed by atoms with Crippen molar-refractivity contribution >= 4 is 5.97 Å². The Labute approximate surface area is 252 Å². The van der Waals surface area contributed by atoms with Crippen LogP contribution in [0.5, 0.6) is 0 Å². The van der Waals surface area contributed by atoms with Gasteiger partial charge < -0.3 is 28.4 Å². The van der Waals surface area contributed by atoms with Crippen molar-refractivity contribution in [1.82, 2.24) is 0 Å². The van der Waals surface area contributed by atoms with Crippen molar-refractivity contribution in [2.75, 3.05) is 26.9 Å². The molecule has 7 nitrogen and oxygen atoms in total. The molecule has 1 aliphatic rings. The van der Waals surface area contributed by atoms with Gasteiger partial charge >= 0.3 is 5.97 Å². The maximum atomic E-state index is 13.2. The highest BCUT2D eigenvalue weighted by Gasteiger charge is 2.49. The minimum atomic E-state index is -0.700. The van der Waals surface area contributed by atoms with E-state index in [0.29, 0.717) is 26.2 Å². The van der Waals surface area contributed by atoms with E-state index in [4.69, 9.17) is 28.4 Å². The minimum Gasteiger partial charge on any atom is -0.456 e. The Morgan fingerprint density at radius 2 is 1.40 bits per heavy atom. The third-order valence-electron chi connectivity index (χ3n) is 7.16. The fraction of sp³-hybridized carbons (Fsp3) is 0.571. The molecule has 232 valence electrons. The summed E-state index contributed by atoms with van der Waals surface area (Å²) in [6.45, 7) is 9.97. The summed E-state index contributed by atoms with van der Waals surface area (Å²) in [5, 5.41) is 0. The average molecular weight is 583 g/mol. The smallest absolute Gasteiger partial charge is 0.311 e. The molecule has 0 bridgehead atoms. The lowest BCUT2D eigenvalue weighted by Gasteiger charge is -2.46. The van der Waals surface area contributed by atoms with Crippen molar-refractivity contribution in [3.63, 3.8) is 0 Å². The number of methoxy groups -OCH3 is 1. The molecule has 0 aliphatic carbocycles. The van der Waals surface area contributed by atoms with Crippen LogP contribution in [-0.2, 0) is 46.4 Å². The quantitative estimate of drug-likeness (QED) is 0.117. The molecule has 0 radical (unpaired) electrons. The van der Waals surface area contributed by atoms with Gasteiger partial charge in [-0.25, -0.2) is 0 Å². The Kier molecular flexibility index (Phi) is 14.7. The fourth-order valence-electron chi connectivity index (χ4n) is 4.75. The van der Waals surface area contributed by atoms with Crippen molar-refractivity contribution in [3.05, 3.63) is 83.9 Å². The lowest BCUT2D eigenvalue weighted by molar-refractivity contribution is -0.267. The van der Waals surface area contributed by atoms with E-state index < -0.39 is 29.8 Å². The number of carbonyl (C=O) groups is 1. The molecule has 1 saturated heterocycles. The van der Waals surface area contributed by atoms with Crippen molar-refractivity contribution in [2.24, 2.45) is 5.41 Å².